The van der Waals surface area contributed by atoms with Gasteiger partial charge in [-0.25, -0.2) is 4.79 Å². The number of esters is 1. The van der Waals surface area contributed by atoms with Gasteiger partial charge in [0.05, 0.1) is 21.1 Å². The van der Waals surface area contributed by atoms with Crippen LogP contribution in [-0.2, 0) is 9.53 Å². The number of nitriles is 1. The summed E-state index contributed by atoms with van der Waals surface area (Å²) >= 11 is 5.90. The highest BCUT2D eigenvalue weighted by atomic mass is 35.5. The summed E-state index contributed by atoms with van der Waals surface area (Å²) in [6.45, 7) is 1.36. The van der Waals surface area contributed by atoms with Crippen molar-refractivity contribution in [2.75, 3.05) is 17.7 Å². The summed E-state index contributed by atoms with van der Waals surface area (Å²) in [5, 5.41) is 25.3. The van der Waals surface area contributed by atoms with Gasteiger partial charge >= 0.3 is 5.97 Å². The second-order valence-corrected chi connectivity index (χ2v) is 5.99. The smallest absolute Gasteiger partial charge is 0.339 e. The zero-order chi connectivity index (χ0) is 20.8. The lowest BCUT2D eigenvalue weighted by Gasteiger charge is -2.14. The molecule has 0 bridgehead atoms. The minimum atomic E-state index is -1.18. The zero-order valence-corrected chi connectivity index (χ0v) is 15.6. The number of carbonyl (C=O) groups is 2. The lowest BCUT2D eigenvalue weighted by Crippen LogP contribution is -2.30. The number of carbonyl (C=O) groups excluding carboxylic acids is 2. The van der Waals surface area contributed by atoms with Crippen molar-refractivity contribution >= 4 is 40.5 Å². The van der Waals surface area contributed by atoms with Crippen LogP contribution in [0, 0.1) is 21.4 Å². The molecule has 2 aromatic carbocycles. The van der Waals surface area contributed by atoms with Crippen molar-refractivity contribution in [3.8, 4) is 6.07 Å². The first-order valence-electron chi connectivity index (χ1n) is 7.94. The van der Waals surface area contributed by atoms with Crippen LogP contribution in [0.3, 0.4) is 0 Å². The topological polar surface area (TPSA) is 134 Å². The van der Waals surface area contributed by atoms with Crippen molar-refractivity contribution in [2.24, 2.45) is 0 Å². The molecule has 2 rings (SSSR count). The van der Waals surface area contributed by atoms with E-state index in [0.717, 1.165) is 6.07 Å². The Morgan fingerprint density at radius 1 is 1.29 bits per heavy atom. The summed E-state index contributed by atoms with van der Waals surface area (Å²) in [5.74, 6) is -1.51. The molecular weight excluding hydrogens is 388 g/mol. The first kappa shape index (κ1) is 20.7. The van der Waals surface area contributed by atoms with Crippen LogP contribution in [0.25, 0.3) is 0 Å². The van der Waals surface area contributed by atoms with Crippen molar-refractivity contribution in [1.82, 2.24) is 0 Å². The maximum Gasteiger partial charge on any atom is 0.339 e. The highest BCUT2D eigenvalue weighted by molar-refractivity contribution is 6.32. The van der Waals surface area contributed by atoms with Crippen LogP contribution in [0.5, 0.6) is 0 Å². The molecule has 1 amide bonds. The summed E-state index contributed by atoms with van der Waals surface area (Å²) in [5.41, 5.74) is 0.467. The van der Waals surface area contributed by atoms with E-state index in [9.17, 15) is 19.7 Å². The van der Waals surface area contributed by atoms with Crippen molar-refractivity contribution in [3.05, 3.63) is 62.7 Å². The van der Waals surface area contributed by atoms with Crippen LogP contribution in [0.15, 0.2) is 36.4 Å². The largest absolute Gasteiger partial charge is 0.449 e. The second kappa shape index (κ2) is 8.83. The summed E-state index contributed by atoms with van der Waals surface area (Å²) in [6.07, 6.45) is -1.18. The number of nitro benzene ring substituents is 1. The predicted octanol–water partition coefficient (Wildman–Crippen LogP) is 3.35. The summed E-state index contributed by atoms with van der Waals surface area (Å²) in [7, 11) is 1.52. The number of hydrogen-bond donors (Lipinski definition) is 2. The molecule has 0 unspecified atom stereocenters. The van der Waals surface area contributed by atoms with Gasteiger partial charge in [0.1, 0.15) is 11.8 Å². The van der Waals surface area contributed by atoms with Crippen molar-refractivity contribution < 1.29 is 19.2 Å². The summed E-state index contributed by atoms with van der Waals surface area (Å²) in [6, 6.07) is 10.0. The van der Waals surface area contributed by atoms with Gasteiger partial charge in [-0.2, -0.15) is 5.26 Å². The van der Waals surface area contributed by atoms with Crippen molar-refractivity contribution in [3.63, 3.8) is 0 Å². The number of nitro groups is 1. The van der Waals surface area contributed by atoms with Crippen molar-refractivity contribution in [1.29, 1.82) is 5.26 Å². The molecule has 0 radical (unpaired) electrons. The number of halogens is 1. The number of nitrogens with one attached hydrogen (secondary N) is 2. The van der Waals surface area contributed by atoms with Crippen LogP contribution < -0.4 is 10.6 Å². The van der Waals surface area contributed by atoms with Gasteiger partial charge in [0.2, 0.25) is 0 Å². The molecule has 10 heteroatoms. The molecule has 0 fully saturated rings. The maximum atomic E-state index is 12.2. The first-order chi connectivity index (χ1) is 13.3. The van der Waals surface area contributed by atoms with Gasteiger partial charge in [-0.3, -0.25) is 14.9 Å². The van der Waals surface area contributed by atoms with E-state index in [4.69, 9.17) is 21.6 Å². The molecule has 2 aromatic rings. The number of anilines is 2. The Bertz CT molecular complexity index is 986. The van der Waals surface area contributed by atoms with Crippen LogP contribution in [0.4, 0.5) is 17.1 Å². The van der Waals surface area contributed by atoms with Gasteiger partial charge in [0.25, 0.3) is 11.6 Å². The number of benzene rings is 2. The molecule has 0 heterocycles. The van der Waals surface area contributed by atoms with Crippen LogP contribution in [-0.4, -0.2) is 30.0 Å². The molecule has 0 aliphatic carbocycles. The molecule has 2 N–H and O–H groups in total. The lowest BCUT2D eigenvalue weighted by molar-refractivity contribution is -0.384. The maximum absolute atomic E-state index is 12.2. The Labute approximate surface area is 165 Å². The van der Waals surface area contributed by atoms with Crippen LogP contribution in [0.2, 0.25) is 5.02 Å². The standard InChI is InChI=1S/C18H15ClN4O5/c1-10(17(24)22-13-5-3-12(9-20)14(19)8-13)28-18(25)11-4-6-15(21-2)16(7-11)23(26)27/h3-8,10,21H,1-2H3,(H,22,24)/t10-/m0/s1. The molecule has 0 saturated heterocycles. The average Bonchev–Trinajstić information content (AvgIpc) is 2.67. The summed E-state index contributed by atoms with van der Waals surface area (Å²) in [4.78, 5) is 34.9. The number of hydrogen-bond acceptors (Lipinski definition) is 7. The van der Waals surface area contributed by atoms with E-state index in [2.05, 4.69) is 10.6 Å². The highest BCUT2D eigenvalue weighted by Crippen LogP contribution is 2.25. The van der Waals surface area contributed by atoms with Gasteiger partial charge in [0, 0.05) is 18.8 Å². The average molecular weight is 403 g/mol. The van der Waals surface area contributed by atoms with E-state index in [1.807, 2.05) is 6.07 Å². The van der Waals surface area contributed by atoms with Gasteiger partial charge < -0.3 is 15.4 Å². The monoisotopic (exact) mass is 402 g/mol. The predicted molar refractivity (Wildman–Crippen MR) is 102 cm³/mol. The van der Waals surface area contributed by atoms with Crippen LogP contribution in [0.1, 0.15) is 22.8 Å². The van der Waals surface area contributed by atoms with Crippen LogP contribution >= 0.6 is 11.6 Å². The minimum Gasteiger partial charge on any atom is -0.449 e. The molecule has 0 aliphatic heterocycles. The van der Waals surface area contributed by atoms with E-state index < -0.39 is 22.9 Å². The molecular formula is C18H15ClN4O5. The molecule has 0 spiro atoms. The fourth-order valence-corrected chi connectivity index (χ4v) is 2.45. The SMILES string of the molecule is CNc1ccc(C(=O)O[C@@H](C)C(=O)Nc2ccc(C#N)c(Cl)c2)cc1[N+](=O)[O-]. The number of nitrogens with zero attached hydrogens (tertiary/aromatic N) is 2. The highest BCUT2D eigenvalue weighted by Gasteiger charge is 2.22. The third kappa shape index (κ3) is 4.75. The number of amides is 1. The Hall–Kier alpha value is -3.64. The Morgan fingerprint density at radius 2 is 2.00 bits per heavy atom. The van der Waals surface area contributed by atoms with E-state index in [0.29, 0.717) is 5.69 Å². The lowest BCUT2D eigenvalue weighted by atomic mass is 10.1. The quantitative estimate of drug-likeness (QED) is 0.429. The van der Waals surface area contributed by atoms with Gasteiger partial charge in [-0.1, -0.05) is 11.6 Å². The van der Waals surface area contributed by atoms with Crippen molar-refractivity contribution in [2.45, 2.75) is 13.0 Å². The molecule has 0 saturated carbocycles. The number of ether oxygens (including phenoxy) is 1. The van der Waals surface area contributed by atoms with Gasteiger partial charge in [-0.15, -0.1) is 0 Å². The Morgan fingerprint density at radius 3 is 2.57 bits per heavy atom. The normalized spacial score (nSPS) is 11.1. The number of rotatable bonds is 6. The molecule has 1 atom stereocenters. The zero-order valence-electron chi connectivity index (χ0n) is 14.9. The minimum absolute atomic E-state index is 0.0632. The Balaban J connectivity index is 2.08. The molecule has 9 nitrogen and oxygen atoms in total. The molecule has 0 aromatic heterocycles. The van der Waals surface area contributed by atoms with Gasteiger partial charge in [0.15, 0.2) is 6.10 Å². The third-order valence-electron chi connectivity index (χ3n) is 3.71. The Kier molecular flexibility index (Phi) is 6.52. The van der Waals surface area contributed by atoms with Gasteiger partial charge in [-0.05, 0) is 37.3 Å². The fraction of sp³-hybridized carbons (Fsp3) is 0.167. The molecule has 144 valence electrons. The second-order valence-electron chi connectivity index (χ2n) is 5.58. The van der Waals surface area contributed by atoms with E-state index in [1.54, 1.807) is 0 Å². The first-order valence-corrected chi connectivity index (χ1v) is 8.32. The van der Waals surface area contributed by atoms with E-state index in [-0.39, 0.29) is 27.5 Å². The summed E-state index contributed by atoms with van der Waals surface area (Å²) < 4.78 is 5.07. The molecule has 0 aliphatic rings. The van der Waals surface area contributed by atoms with E-state index >= 15 is 0 Å². The van der Waals surface area contributed by atoms with E-state index in [1.165, 1.54) is 44.3 Å². The molecule has 28 heavy (non-hydrogen) atoms. The fourth-order valence-electron chi connectivity index (χ4n) is 2.23. The third-order valence-corrected chi connectivity index (χ3v) is 4.02.